The Labute approximate surface area is 127 Å². The van der Waals surface area contributed by atoms with Crippen LogP contribution in [0.15, 0.2) is 59.5 Å². The second-order valence-electron chi connectivity index (χ2n) is 4.53. The lowest BCUT2D eigenvalue weighted by Gasteiger charge is -2.27. The largest absolute Gasteiger partial charge is 0.137 e. The van der Waals surface area contributed by atoms with Crippen molar-refractivity contribution in [2.24, 2.45) is 0 Å². The van der Waals surface area contributed by atoms with Gasteiger partial charge in [-0.05, 0) is 24.6 Å². The van der Waals surface area contributed by atoms with Crippen LogP contribution in [0, 0.1) is 6.92 Å². The van der Waals surface area contributed by atoms with Gasteiger partial charge in [-0.1, -0.05) is 59.8 Å². The Kier molecular flexibility index (Phi) is 4.15. The van der Waals surface area contributed by atoms with E-state index < -0.39 is 0 Å². The number of rotatable bonds is 3. The lowest BCUT2D eigenvalue weighted by molar-refractivity contribution is 1.27. The molecule has 1 fully saturated rings. The molecule has 0 unspecified atom stereocenters. The van der Waals surface area contributed by atoms with Crippen molar-refractivity contribution in [3.63, 3.8) is 0 Å². The zero-order valence-corrected chi connectivity index (χ0v) is 13.3. The van der Waals surface area contributed by atoms with Crippen molar-refractivity contribution >= 4 is 35.3 Å². The molecule has 0 aliphatic carbocycles. The van der Waals surface area contributed by atoms with Gasteiger partial charge >= 0.3 is 0 Å². The molecule has 1 saturated heterocycles. The van der Waals surface area contributed by atoms with Gasteiger partial charge in [0.2, 0.25) is 0 Å². The Balaban J connectivity index is 1.93. The molecule has 0 saturated carbocycles. The zero-order chi connectivity index (χ0) is 13.1. The summed E-state index contributed by atoms with van der Waals surface area (Å²) >= 11 is 6.12. The van der Waals surface area contributed by atoms with Crippen LogP contribution in [0.3, 0.4) is 0 Å². The van der Waals surface area contributed by atoms with E-state index in [0.29, 0.717) is 0 Å². The van der Waals surface area contributed by atoms with Crippen molar-refractivity contribution in [1.29, 1.82) is 0 Å². The van der Waals surface area contributed by atoms with Crippen LogP contribution in [0.5, 0.6) is 0 Å². The van der Waals surface area contributed by atoms with E-state index in [0.717, 1.165) is 0 Å². The minimum Gasteiger partial charge on any atom is -0.128 e. The topological polar surface area (TPSA) is 0 Å². The quantitative estimate of drug-likeness (QED) is 0.747. The van der Waals surface area contributed by atoms with E-state index in [2.05, 4.69) is 85.0 Å². The average Bonchev–Trinajstić information content (AvgIpc) is 2.90. The maximum Gasteiger partial charge on any atom is 0.137 e. The van der Waals surface area contributed by atoms with E-state index in [1.54, 1.807) is 0 Å². The predicted molar refractivity (Wildman–Crippen MR) is 90.1 cm³/mol. The molecule has 0 bridgehead atoms. The van der Waals surface area contributed by atoms with Crippen molar-refractivity contribution in [2.45, 2.75) is 15.2 Å². The molecule has 0 amide bonds. The van der Waals surface area contributed by atoms with Crippen LogP contribution in [-0.2, 0) is 3.41 Å². The summed E-state index contributed by atoms with van der Waals surface area (Å²) in [6.07, 6.45) is 0. The van der Waals surface area contributed by atoms with Crippen LogP contribution in [-0.4, -0.2) is 11.5 Å². The smallest absolute Gasteiger partial charge is 0.128 e. The third kappa shape index (κ3) is 2.99. The third-order valence-electron chi connectivity index (χ3n) is 3.07. The van der Waals surface area contributed by atoms with Gasteiger partial charge in [-0.15, -0.1) is 23.5 Å². The summed E-state index contributed by atoms with van der Waals surface area (Å²) in [5, 5.41) is 0. The monoisotopic (exact) mass is 304 g/mol. The molecular weight excluding hydrogens is 288 g/mol. The number of aryl methyl sites for hydroxylation is 1. The molecule has 3 heteroatoms. The van der Waals surface area contributed by atoms with E-state index >= 15 is 0 Å². The summed E-state index contributed by atoms with van der Waals surface area (Å²) in [5.41, 5.74) is 2.76. The summed E-state index contributed by atoms with van der Waals surface area (Å²) in [4.78, 5) is 1.35. The van der Waals surface area contributed by atoms with E-state index in [9.17, 15) is 0 Å². The Morgan fingerprint density at radius 1 is 0.895 bits per heavy atom. The molecule has 1 heterocycles. The molecular formula is C16H16S3. The van der Waals surface area contributed by atoms with Gasteiger partial charge in [-0.3, -0.25) is 0 Å². The van der Waals surface area contributed by atoms with Gasteiger partial charge in [-0.2, -0.15) is 0 Å². The fourth-order valence-corrected chi connectivity index (χ4v) is 7.13. The van der Waals surface area contributed by atoms with Crippen molar-refractivity contribution in [3.8, 4) is 0 Å². The first-order chi connectivity index (χ1) is 9.28. The Morgan fingerprint density at radius 2 is 1.53 bits per heavy atom. The summed E-state index contributed by atoms with van der Waals surface area (Å²) in [6.45, 7) is 2.15. The zero-order valence-electron chi connectivity index (χ0n) is 10.8. The van der Waals surface area contributed by atoms with E-state index in [4.69, 9.17) is 0 Å². The summed E-state index contributed by atoms with van der Waals surface area (Å²) in [6, 6.07) is 19.8. The standard InChI is InChI=1S/C16H16S3/c1-13-7-9-14(10-8-13)16(17-11-12-18-16)19-15-5-3-2-4-6-15/h2-10H,11-12H2,1H3. The highest BCUT2D eigenvalue weighted by Gasteiger charge is 2.38. The van der Waals surface area contributed by atoms with Gasteiger partial charge in [0.25, 0.3) is 0 Å². The highest BCUT2D eigenvalue weighted by atomic mass is 32.3. The van der Waals surface area contributed by atoms with Gasteiger partial charge in [0.1, 0.15) is 3.41 Å². The maximum atomic E-state index is 2.29. The minimum atomic E-state index is 0.134. The lowest BCUT2D eigenvalue weighted by Crippen LogP contribution is -2.09. The van der Waals surface area contributed by atoms with Gasteiger partial charge < -0.3 is 0 Å². The normalized spacial score (nSPS) is 17.5. The summed E-state index contributed by atoms with van der Waals surface area (Å²) < 4.78 is 0.134. The molecule has 2 aromatic carbocycles. The van der Waals surface area contributed by atoms with Crippen LogP contribution < -0.4 is 0 Å². The van der Waals surface area contributed by atoms with Gasteiger partial charge in [-0.25, -0.2) is 0 Å². The van der Waals surface area contributed by atoms with E-state index in [-0.39, 0.29) is 3.41 Å². The molecule has 0 atom stereocenters. The number of thioether (sulfide) groups is 3. The molecule has 1 aliphatic rings. The molecule has 0 nitrogen and oxygen atoms in total. The molecule has 1 aliphatic heterocycles. The fraction of sp³-hybridized carbons (Fsp3) is 0.250. The summed E-state index contributed by atoms with van der Waals surface area (Å²) in [5.74, 6) is 2.47. The second kappa shape index (κ2) is 5.86. The average molecular weight is 305 g/mol. The van der Waals surface area contributed by atoms with Crippen molar-refractivity contribution in [1.82, 2.24) is 0 Å². The molecule has 0 N–H and O–H groups in total. The first-order valence-electron chi connectivity index (χ1n) is 6.38. The first kappa shape index (κ1) is 13.5. The fourth-order valence-electron chi connectivity index (χ4n) is 2.08. The third-order valence-corrected chi connectivity index (χ3v) is 8.30. The predicted octanol–water partition coefficient (Wildman–Crippen LogP) is 5.38. The molecule has 98 valence electrons. The van der Waals surface area contributed by atoms with Crippen LogP contribution in [0.4, 0.5) is 0 Å². The van der Waals surface area contributed by atoms with Crippen molar-refractivity contribution in [3.05, 3.63) is 65.7 Å². The van der Waals surface area contributed by atoms with Crippen LogP contribution in [0.2, 0.25) is 0 Å². The highest BCUT2D eigenvalue weighted by molar-refractivity contribution is 8.34. The molecule has 19 heavy (non-hydrogen) atoms. The highest BCUT2D eigenvalue weighted by Crippen LogP contribution is 2.61. The van der Waals surface area contributed by atoms with Crippen molar-refractivity contribution < 1.29 is 0 Å². The molecule has 0 radical (unpaired) electrons. The van der Waals surface area contributed by atoms with Gasteiger partial charge in [0.15, 0.2) is 0 Å². The molecule has 0 aromatic heterocycles. The lowest BCUT2D eigenvalue weighted by atomic mass is 10.2. The molecule has 2 aromatic rings. The maximum absolute atomic E-state index is 2.29. The minimum absolute atomic E-state index is 0.134. The van der Waals surface area contributed by atoms with E-state index in [1.165, 1.54) is 27.5 Å². The Bertz CT molecular complexity index is 528. The van der Waals surface area contributed by atoms with Gasteiger partial charge in [0, 0.05) is 16.4 Å². The number of hydrogen-bond acceptors (Lipinski definition) is 3. The number of benzene rings is 2. The van der Waals surface area contributed by atoms with Crippen molar-refractivity contribution in [2.75, 3.05) is 11.5 Å². The van der Waals surface area contributed by atoms with Crippen LogP contribution >= 0.6 is 35.3 Å². The number of hydrogen-bond donors (Lipinski definition) is 0. The summed E-state index contributed by atoms with van der Waals surface area (Å²) in [7, 11) is 0. The van der Waals surface area contributed by atoms with Crippen LogP contribution in [0.25, 0.3) is 0 Å². The molecule has 3 rings (SSSR count). The Morgan fingerprint density at radius 3 is 2.16 bits per heavy atom. The molecule has 0 spiro atoms. The SMILES string of the molecule is Cc1ccc(C2(Sc3ccccc3)SCCS2)cc1. The van der Waals surface area contributed by atoms with Gasteiger partial charge in [0.05, 0.1) is 0 Å². The second-order valence-corrected chi connectivity index (χ2v) is 9.22. The Hall–Kier alpha value is -0.510. The van der Waals surface area contributed by atoms with Crippen LogP contribution in [0.1, 0.15) is 11.1 Å². The van der Waals surface area contributed by atoms with E-state index in [1.807, 2.05) is 11.8 Å². The first-order valence-corrected chi connectivity index (χ1v) is 9.16.